The highest BCUT2D eigenvalue weighted by atomic mass is 16.6. The summed E-state index contributed by atoms with van der Waals surface area (Å²) >= 11 is 0. The molecule has 0 amide bonds. The standard InChI is InChI=1S/C12H11N3O3/c1-8-6-7-14(13-8)12(16)10-4-3-5-11(9(10)2)15(17)18/h3-7H,1-2H3. The van der Waals surface area contributed by atoms with Gasteiger partial charge in [-0.25, -0.2) is 4.68 Å². The van der Waals surface area contributed by atoms with Gasteiger partial charge in [-0.2, -0.15) is 5.10 Å². The highest BCUT2D eigenvalue weighted by Gasteiger charge is 2.19. The summed E-state index contributed by atoms with van der Waals surface area (Å²) in [5.74, 6) is -0.371. The molecule has 0 aliphatic rings. The van der Waals surface area contributed by atoms with Gasteiger partial charge in [-0.05, 0) is 26.0 Å². The minimum Gasteiger partial charge on any atom is -0.267 e. The van der Waals surface area contributed by atoms with Crippen LogP contribution in [0.5, 0.6) is 0 Å². The van der Waals surface area contributed by atoms with Gasteiger partial charge in [0.15, 0.2) is 0 Å². The van der Waals surface area contributed by atoms with Crippen molar-refractivity contribution in [3.8, 4) is 0 Å². The minimum atomic E-state index is -0.500. The monoisotopic (exact) mass is 245 g/mol. The van der Waals surface area contributed by atoms with E-state index in [0.717, 1.165) is 0 Å². The first-order valence-electron chi connectivity index (χ1n) is 5.31. The van der Waals surface area contributed by atoms with Crippen LogP contribution in [0.15, 0.2) is 30.5 Å². The van der Waals surface area contributed by atoms with Gasteiger partial charge in [0.05, 0.1) is 16.2 Å². The van der Waals surface area contributed by atoms with Gasteiger partial charge >= 0.3 is 0 Å². The third kappa shape index (κ3) is 2.00. The summed E-state index contributed by atoms with van der Waals surface area (Å²) in [4.78, 5) is 22.4. The summed E-state index contributed by atoms with van der Waals surface area (Å²) in [6, 6.07) is 6.13. The molecule has 0 saturated heterocycles. The van der Waals surface area contributed by atoms with E-state index in [1.54, 1.807) is 26.0 Å². The fraction of sp³-hybridized carbons (Fsp3) is 0.167. The van der Waals surface area contributed by atoms with Crippen LogP contribution in [-0.2, 0) is 0 Å². The zero-order valence-electron chi connectivity index (χ0n) is 9.95. The second-order valence-corrected chi connectivity index (χ2v) is 3.91. The summed E-state index contributed by atoms with van der Waals surface area (Å²) in [6.07, 6.45) is 1.54. The number of nitro benzene ring substituents is 1. The van der Waals surface area contributed by atoms with E-state index in [-0.39, 0.29) is 17.2 Å². The van der Waals surface area contributed by atoms with Gasteiger partial charge in [-0.1, -0.05) is 6.07 Å². The third-order valence-electron chi connectivity index (χ3n) is 2.66. The molecule has 0 spiro atoms. The van der Waals surface area contributed by atoms with E-state index in [4.69, 9.17) is 0 Å². The van der Waals surface area contributed by atoms with Crippen LogP contribution in [0.3, 0.4) is 0 Å². The fourth-order valence-corrected chi connectivity index (χ4v) is 1.70. The van der Waals surface area contributed by atoms with Crippen molar-refractivity contribution in [2.75, 3.05) is 0 Å². The summed E-state index contributed by atoms with van der Waals surface area (Å²) in [7, 11) is 0. The van der Waals surface area contributed by atoms with E-state index in [1.165, 1.54) is 23.0 Å². The van der Waals surface area contributed by atoms with Crippen LogP contribution in [0.2, 0.25) is 0 Å². The lowest BCUT2D eigenvalue weighted by atomic mass is 10.1. The smallest absolute Gasteiger partial charge is 0.267 e. The maximum atomic E-state index is 12.1. The Morgan fingerprint density at radius 2 is 2.06 bits per heavy atom. The number of rotatable bonds is 2. The van der Waals surface area contributed by atoms with Crippen molar-refractivity contribution in [2.45, 2.75) is 13.8 Å². The Bertz CT molecular complexity index is 631. The van der Waals surface area contributed by atoms with Crippen molar-refractivity contribution < 1.29 is 9.72 Å². The lowest BCUT2D eigenvalue weighted by Gasteiger charge is -2.05. The molecule has 0 fully saturated rings. The van der Waals surface area contributed by atoms with Crippen LogP contribution in [0.4, 0.5) is 5.69 Å². The molecule has 18 heavy (non-hydrogen) atoms. The Morgan fingerprint density at radius 1 is 1.33 bits per heavy atom. The number of aryl methyl sites for hydroxylation is 1. The minimum absolute atomic E-state index is 0.0651. The molecule has 0 bridgehead atoms. The number of nitrogens with zero attached hydrogens (tertiary/aromatic N) is 3. The SMILES string of the molecule is Cc1ccn(C(=O)c2cccc([N+](=O)[O-])c2C)n1. The molecular formula is C12H11N3O3. The Balaban J connectivity index is 2.49. The van der Waals surface area contributed by atoms with Crippen molar-refractivity contribution >= 4 is 11.6 Å². The van der Waals surface area contributed by atoms with E-state index >= 15 is 0 Å². The number of carbonyl (C=O) groups excluding carboxylic acids is 1. The van der Waals surface area contributed by atoms with Crippen LogP contribution in [0, 0.1) is 24.0 Å². The number of benzene rings is 1. The van der Waals surface area contributed by atoms with Crippen molar-refractivity contribution in [3.05, 3.63) is 57.4 Å². The van der Waals surface area contributed by atoms with Crippen molar-refractivity contribution in [2.24, 2.45) is 0 Å². The summed E-state index contributed by atoms with van der Waals surface area (Å²) in [6.45, 7) is 3.33. The molecule has 0 N–H and O–H groups in total. The topological polar surface area (TPSA) is 78.0 Å². The maximum absolute atomic E-state index is 12.1. The van der Waals surface area contributed by atoms with Gasteiger partial charge in [0.1, 0.15) is 0 Å². The van der Waals surface area contributed by atoms with Gasteiger partial charge in [0.2, 0.25) is 0 Å². The van der Waals surface area contributed by atoms with E-state index in [9.17, 15) is 14.9 Å². The van der Waals surface area contributed by atoms with E-state index in [1.807, 2.05) is 0 Å². The highest BCUT2D eigenvalue weighted by Crippen LogP contribution is 2.21. The van der Waals surface area contributed by atoms with Crippen molar-refractivity contribution in [1.29, 1.82) is 0 Å². The second-order valence-electron chi connectivity index (χ2n) is 3.91. The first-order valence-corrected chi connectivity index (χ1v) is 5.31. The molecule has 1 aromatic carbocycles. The molecule has 0 saturated carbocycles. The van der Waals surface area contributed by atoms with Gasteiger partial charge < -0.3 is 0 Å². The van der Waals surface area contributed by atoms with Gasteiger partial charge in [0, 0.05) is 17.8 Å². The average molecular weight is 245 g/mol. The number of carbonyl (C=O) groups is 1. The number of nitro groups is 1. The van der Waals surface area contributed by atoms with Crippen LogP contribution in [0.1, 0.15) is 21.6 Å². The van der Waals surface area contributed by atoms with E-state index in [2.05, 4.69) is 5.10 Å². The molecule has 0 aliphatic carbocycles. The molecule has 1 aromatic heterocycles. The third-order valence-corrected chi connectivity index (χ3v) is 2.66. The zero-order valence-corrected chi connectivity index (χ0v) is 9.95. The van der Waals surface area contributed by atoms with Crippen LogP contribution in [0.25, 0.3) is 0 Å². The molecule has 0 atom stereocenters. The predicted octanol–water partition coefficient (Wildman–Crippen LogP) is 2.10. The lowest BCUT2D eigenvalue weighted by molar-refractivity contribution is -0.385. The number of hydrogen-bond acceptors (Lipinski definition) is 4. The summed E-state index contributed by atoms with van der Waals surface area (Å²) in [5.41, 5.74) is 1.28. The molecular weight excluding hydrogens is 234 g/mol. The normalized spacial score (nSPS) is 10.3. The van der Waals surface area contributed by atoms with E-state index < -0.39 is 4.92 Å². The molecule has 6 nitrogen and oxygen atoms in total. The number of aromatic nitrogens is 2. The highest BCUT2D eigenvalue weighted by molar-refractivity contribution is 5.97. The molecule has 92 valence electrons. The molecule has 2 aromatic rings. The van der Waals surface area contributed by atoms with Crippen molar-refractivity contribution in [1.82, 2.24) is 9.78 Å². The largest absolute Gasteiger partial charge is 0.278 e. The molecule has 0 aliphatic heterocycles. The molecule has 2 rings (SSSR count). The second kappa shape index (κ2) is 4.40. The predicted molar refractivity (Wildman–Crippen MR) is 64.5 cm³/mol. The quantitative estimate of drug-likeness (QED) is 0.599. The molecule has 1 heterocycles. The van der Waals surface area contributed by atoms with Crippen LogP contribution >= 0.6 is 0 Å². The molecule has 0 unspecified atom stereocenters. The summed E-state index contributed by atoms with van der Waals surface area (Å²) in [5, 5.41) is 14.8. The van der Waals surface area contributed by atoms with Crippen LogP contribution < -0.4 is 0 Å². The lowest BCUT2D eigenvalue weighted by Crippen LogP contribution is -2.14. The molecule has 6 heteroatoms. The Kier molecular flexibility index (Phi) is 2.93. The zero-order chi connectivity index (χ0) is 13.3. The fourth-order valence-electron chi connectivity index (χ4n) is 1.70. The average Bonchev–Trinajstić information content (AvgIpc) is 2.75. The van der Waals surface area contributed by atoms with Crippen molar-refractivity contribution in [3.63, 3.8) is 0 Å². The van der Waals surface area contributed by atoms with Gasteiger partial charge in [0.25, 0.3) is 11.6 Å². The Hall–Kier alpha value is -2.50. The Labute approximate surface area is 103 Å². The van der Waals surface area contributed by atoms with Gasteiger partial charge in [-0.15, -0.1) is 0 Å². The maximum Gasteiger partial charge on any atom is 0.278 e. The first kappa shape index (κ1) is 12.0. The van der Waals surface area contributed by atoms with Gasteiger partial charge in [-0.3, -0.25) is 14.9 Å². The first-order chi connectivity index (χ1) is 8.50. The van der Waals surface area contributed by atoms with Crippen LogP contribution in [-0.4, -0.2) is 20.6 Å². The Morgan fingerprint density at radius 3 is 2.61 bits per heavy atom. The summed E-state index contributed by atoms with van der Waals surface area (Å²) < 4.78 is 1.18. The number of hydrogen-bond donors (Lipinski definition) is 0. The van der Waals surface area contributed by atoms with E-state index in [0.29, 0.717) is 11.3 Å². The molecule has 0 radical (unpaired) electrons.